The van der Waals surface area contributed by atoms with Gasteiger partial charge in [-0.2, -0.15) is 5.26 Å². The first kappa shape index (κ1) is 19.2. The number of H-pyrrole nitrogens is 1. The molecule has 0 fully saturated rings. The van der Waals surface area contributed by atoms with E-state index < -0.39 is 0 Å². The molecule has 1 heterocycles. The second-order valence-corrected chi connectivity index (χ2v) is 6.13. The van der Waals surface area contributed by atoms with Crippen LogP contribution in [0.25, 0.3) is 11.1 Å². The van der Waals surface area contributed by atoms with Gasteiger partial charge in [0.05, 0.1) is 25.8 Å². The molecule has 0 aliphatic heterocycles. The van der Waals surface area contributed by atoms with Crippen LogP contribution in [0.2, 0.25) is 0 Å². The fourth-order valence-corrected chi connectivity index (χ4v) is 3.35. The third-order valence-corrected chi connectivity index (χ3v) is 4.62. The van der Waals surface area contributed by atoms with Crippen molar-refractivity contribution in [2.75, 3.05) is 27.9 Å². The lowest BCUT2D eigenvalue weighted by Gasteiger charge is -2.16. The number of hydrogen-bond donors (Lipinski definition) is 2. The van der Waals surface area contributed by atoms with Crippen LogP contribution in [0.5, 0.6) is 17.2 Å². The number of nitrogens with one attached hydrogen (secondary N) is 2. The van der Waals surface area contributed by atoms with Gasteiger partial charge < -0.3 is 24.5 Å². The minimum Gasteiger partial charge on any atom is -0.493 e. The van der Waals surface area contributed by atoms with Crippen molar-refractivity contribution in [3.63, 3.8) is 0 Å². The summed E-state index contributed by atoms with van der Waals surface area (Å²) < 4.78 is 17.1. The highest BCUT2D eigenvalue weighted by atomic mass is 79.9. The third-order valence-electron chi connectivity index (χ3n) is 3.83. The Hall–Kier alpha value is -2.17. The predicted molar refractivity (Wildman–Crippen MR) is 100 cm³/mol. The fourth-order valence-electron chi connectivity index (χ4n) is 2.70. The maximum atomic E-state index is 9.38. The SMILES string of the molecule is CCCNCc1[nH]c(C#N)c(Br)c1-c1ccc(OC)c(OC)c1OC. The number of hydrogen-bond acceptors (Lipinski definition) is 5. The van der Waals surface area contributed by atoms with Gasteiger partial charge in [0, 0.05) is 23.4 Å². The molecule has 2 rings (SSSR count). The Bertz CT molecular complexity index is 781. The molecule has 0 aliphatic rings. The van der Waals surface area contributed by atoms with E-state index in [4.69, 9.17) is 14.2 Å². The van der Waals surface area contributed by atoms with E-state index in [-0.39, 0.29) is 0 Å². The number of benzene rings is 1. The minimum atomic E-state index is 0.472. The minimum absolute atomic E-state index is 0.472. The van der Waals surface area contributed by atoms with E-state index in [0.29, 0.717) is 34.0 Å². The van der Waals surface area contributed by atoms with Gasteiger partial charge in [-0.3, -0.25) is 0 Å². The Morgan fingerprint density at radius 2 is 1.88 bits per heavy atom. The van der Waals surface area contributed by atoms with Gasteiger partial charge in [0.2, 0.25) is 5.75 Å². The number of nitrogens with zero attached hydrogens (tertiary/aromatic N) is 1. The summed E-state index contributed by atoms with van der Waals surface area (Å²) in [6, 6.07) is 5.90. The molecule has 0 unspecified atom stereocenters. The summed E-state index contributed by atoms with van der Waals surface area (Å²) in [5, 5.41) is 12.7. The average molecular weight is 408 g/mol. The van der Waals surface area contributed by atoms with Crippen LogP contribution >= 0.6 is 15.9 Å². The van der Waals surface area contributed by atoms with Gasteiger partial charge in [-0.1, -0.05) is 6.92 Å². The average Bonchev–Trinajstić information content (AvgIpc) is 2.95. The van der Waals surface area contributed by atoms with Gasteiger partial charge in [-0.25, -0.2) is 0 Å². The highest BCUT2D eigenvalue weighted by molar-refractivity contribution is 9.10. The van der Waals surface area contributed by atoms with Crippen LogP contribution in [0, 0.1) is 11.3 Å². The number of nitriles is 1. The van der Waals surface area contributed by atoms with Crippen LogP contribution in [0.4, 0.5) is 0 Å². The number of halogens is 1. The number of methoxy groups -OCH3 is 3. The molecule has 0 amide bonds. The molecule has 6 nitrogen and oxygen atoms in total. The monoisotopic (exact) mass is 407 g/mol. The van der Waals surface area contributed by atoms with Gasteiger partial charge in [0.15, 0.2) is 11.5 Å². The number of aromatic amines is 1. The Kier molecular flexibility index (Phi) is 6.73. The summed E-state index contributed by atoms with van der Waals surface area (Å²) in [6.07, 6.45) is 1.03. The number of aromatic nitrogens is 1. The normalized spacial score (nSPS) is 10.4. The van der Waals surface area contributed by atoms with Crippen molar-refractivity contribution in [3.8, 4) is 34.4 Å². The standard InChI is InChI=1S/C18H22BrN3O3/c1-5-8-21-10-13-15(16(19)12(9-20)22-13)11-6-7-14(23-2)18(25-4)17(11)24-3/h6-7,21-22H,5,8,10H2,1-4H3. The molecule has 0 radical (unpaired) electrons. The summed E-state index contributed by atoms with van der Waals surface area (Å²) in [7, 11) is 4.74. The molecule has 0 spiro atoms. The molecule has 0 atom stereocenters. The molecule has 2 N–H and O–H groups in total. The molecule has 134 valence electrons. The van der Waals surface area contributed by atoms with E-state index in [0.717, 1.165) is 29.8 Å². The zero-order chi connectivity index (χ0) is 18.4. The second-order valence-electron chi connectivity index (χ2n) is 5.34. The van der Waals surface area contributed by atoms with E-state index in [2.05, 4.69) is 39.2 Å². The molecule has 2 aromatic rings. The summed E-state index contributed by atoms with van der Waals surface area (Å²) in [6.45, 7) is 3.61. The topological polar surface area (TPSA) is 79.3 Å². The predicted octanol–water partition coefficient (Wildman–Crippen LogP) is 3.84. The van der Waals surface area contributed by atoms with Crippen LogP contribution in [0.3, 0.4) is 0 Å². The van der Waals surface area contributed by atoms with E-state index in [1.54, 1.807) is 21.3 Å². The summed E-state index contributed by atoms with van der Waals surface area (Å²) >= 11 is 3.54. The molecular weight excluding hydrogens is 386 g/mol. The van der Waals surface area contributed by atoms with Crippen molar-refractivity contribution < 1.29 is 14.2 Å². The lowest BCUT2D eigenvalue weighted by atomic mass is 10.0. The summed E-state index contributed by atoms with van der Waals surface area (Å²) in [5.74, 6) is 1.66. The molecule has 0 saturated heterocycles. The molecule has 7 heteroatoms. The Morgan fingerprint density at radius 3 is 2.44 bits per heavy atom. The molecular formula is C18H22BrN3O3. The maximum Gasteiger partial charge on any atom is 0.203 e. The first-order chi connectivity index (χ1) is 12.1. The van der Waals surface area contributed by atoms with E-state index >= 15 is 0 Å². The quantitative estimate of drug-likeness (QED) is 0.649. The van der Waals surface area contributed by atoms with Crippen molar-refractivity contribution in [1.82, 2.24) is 10.3 Å². The fraction of sp³-hybridized carbons (Fsp3) is 0.389. The van der Waals surface area contributed by atoms with Gasteiger partial charge >= 0.3 is 0 Å². The lowest BCUT2D eigenvalue weighted by Crippen LogP contribution is -2.14. The van der Waals surface area contributed by atoms with Gasteiger partial charge in [0.1, 0.15) is 11.8 Å². The maximum absolute atomic E-state index is 9.38. The van der Waals surface area contributed by atoms with Crippen LogP contribution in [0.15, 0.2) is 16.6 Å². The van der Waals surface area contributed by atoms with Crippen molar-refractivity contribution >= 4 is 15.9 Å². The van der Waals surface area contributed by atoms with Crippen molar-refractivity contribution in [2.45, 2.75) is 19.9 Å². The lowest BCUT2D eigenvalue weighted by molar-refractivity contribution is 0.325. The van der Waals surface area contributed by atoms with Gasteiger partial charge in [-0.15, -0.1) is 0 Å². The van der Waals surface area contributed by atoms with Crippen LogP contribution in [-0.4, -0.2) is 32.9 Å². The molecule has 25 heavy (non-hydrogen) atoms. The van der Waals surface area contributed by atoms with Crippen molar-refractivity contribution in [1.29, 1.82) is 5.26 Å². The highest BCUT2D eigenvalue weighted by Crippen LogP contribution is 2.47. The molecule has 0 aliphatic carbocycles. The first-order valence-corrected chi connectivity index (χ1v) is 8.72. The van der Waals surface area contributed by atoms with Gasteiger partial charge in [-0.05, 0) is 41.0 Å². The molecule has 1 aromatic carbocycles. The smallest absolute Gasteiger partial charge is 0.203 e. The van der Waals surface area contributed by atoms with Crippen molar-refractivity contribution in [2.24, 2.45) is 0 Å². The number of ether oxygens (including phenoxy) is 3. The molecule has 0 saturated carbocycles. The molecule has 0 bridgehead atoms. The van der Waals surface area contributed by atoms with E-state index in [1.807, 2.05) is 12.1 Å². The first-order valence-electron chi connectivity index (χ1n) is 7.93. The summed E-state index contributed by atoms with van der Waals surface area (Å²) in [5.41, 5.74) is 3.07. The van der Waals surface area contributed by atoms with E-state index in [1.165, 1.54) is 0 Å². The van der Waals surface area contributed by atoms with Crippen LogP contribution in [-0.2, 0) is 6.54 Å². The van der Waals surface area contributed by atoms with E-state index in [9.17, 15) is 5.26 Å². The summed E-state index contributed by atoms with van der Waals surface area (Å²) in [4.78, 5) is 3.18. The van der Waals surface area contributed by atoms with Crippen LogP contribution < -0.4 is 19.5 Å². The zero-order valence-corrected chi connectivity index (χ0v) is 16.4. The Morgan fingerprint density at radius 1 is 1.16 bits per heavy atom. The van der Waals surface area contributed by atoms with Crippen molar-refractivity contribution in [3.05, 3.63) is 28.0 Å². The zero-order valence-electron chi connectivity index (χ0n) is 14.8. The largest absolute Gasteiger partial charge is 0.493 e. The Balaban J connectivity index is 2.64. The third kappa shape index (κ3) is 3.75. The highest BCUT2D eigenvalue weighted by Gasteiger charge is 2.24. The van der Waals surface area contributed by atoms with Crippen LogP contribution in [0.1, 0.15) is 24.7 Å². The number of rotatable bonds is 8. The molecule has 1 aromatic heterocycles. The Labute approximate surface area is 156 Å². The van der Waals surface area contributed by atoms with Gasteiger partial charge in [0.25, 0.3) is 0 Å². The second kappa shape index (κ2) is 8.79.